The highest BCUT2D eigenvalue weighted by atomic mass is 15.1. The summed E-state index contributed by atoms with van der Waals surface area (Å²) in [7, 11) is 2.27. The summed E-state index contributed by atoms with van der Waals surface area (Å²) in [6, 6.07) is 7.88. The van der Waals surface area contributed by atoms with Crippen LogP contribution in [0.4, 0.5) is 5.69 Å². The Labute approximate surface area is 130 Å². The fourth-order valence-corrected chi connectivity index (χ4v) is 3.64. The molecule has 3 atom stereocenters. The van der Waals surface area contributed by atoms with Crippen molar-refractivity contribution in [1.82, 2.24) is 0 Å². The van der Waals surface area contributed by atoms with Crippen molar-refractivity contribution in [2.24, 2.45) is 11.7 Å². The third kappa shape index (κ3) is 4.23. The summed E-state index contributed by atoms with van der Waals surface area (Å²) in [5.74, 6) is 0.869. The van der Waals surface area contributed by atoms with Gasteiger partial charge >= 0.3 is 0 Å². The van der Waals surface area contributed by atoms with Gasteiger partial charge < -0.3 is 10.6 Å². The van der Waals surface area contributed by atoms with Crippen molar-refractivity contribution in [3.63, 3.8) is 0 Å². The van der Waals surface area contributed by atoms with E-state index in [0.29, 0.717) is 6.04 Å². The van der Waals surface area contributed by atoms with Gasteiger partial charge in [0.05, 0.1) is 0 Å². The van der Waals surface area contributed by atoms with Crippen LogP contribution < -0.4 is 10.6 Å². The molecule has 1 aliphatic carbocycles. The third-order valence-corrected chi connectivity index (χ3v) is 5.12. The van der Waals surface area contributed by atoms with Gasteiger partial charge in [0.15, 0.2) is 0 Å². The van der Waals surface area contributed by atoms with Crippen LogP contribution in [0.2, 0.25) is 0 Å². The summed E-state index contributed by atoms with van der Waals surface area (Å²) in [5.41, 5.74) is 10.2. The Morgan fingerprint density at radius 2 is 2.10 bits per heavy atom. The number of nitrogens with two attached hydrogens (primary N) is 1. The Morgan fingerprint density at radius 1 is 1.33 bits per heavy atom. The van der Waals surface area contributed by atoms with Gasteiger partial charge in [-0.3, -0.25) is 0 Å². The molecule has 3 unspecified atom stereocenters. The van der Waals surface area contributed by atoms with Crippen molar-refractivity contribution in [2.75, 3.05) is 11.9 Å². The van der Waals surface area contributed by atoms with E-state index >= 15 is 0 Å². The standard InChI is InChI=1S/C19H32N2/c1-5-17(20)13-16-9-10-19(15(3)12-16)21(4)18-8-6-7-14(2)11-18/h9-10,12,14,17-18H,5-8,11,13,20H2,1-4H3. The third-order valence-electron chi connectivity index (χ3n) is 5.12. The van der Waals surface area contributed by atoms with Crippen molar-refractivity contribution in [2.45, 2.75) is 71.4 Å². The Bertz CT molecular complexity index is 455. The molecule has 2 N–H and O–H groups in total. The molecule has 1 saturated carbocycles. The number of nitrogens with zero attached hydrogens (tertiary/aromatic N) is 1. The van der Waals surface area contributed by atoms with Crippen LogP contribution >= 0.6 is 0 Å². The zero-order valence-corrected chi connectivity index (χ0v) is 14.2. The molecule has 118 valence electrons. The maximum atomic E-state index is 6.07. The van der Waals surface area contributed by atoms with Gasteiger partial charge in [-0.2, -0.15) is 0 Å². The molecule has 2 heteroatoms. The van der Waals surface area contributed by atoms with Crippen LogP contribution in [0.15, 0.2) is 18.2 Å². The van der Waals surface area contributed by atoms with Gasteiger partial charge in [0.25, 0.3) is 0 Å². The summed E-state index contributed by atoms with van der Waals surface area (Å²) in [6.45, 7) is 6.78. The molecule has 0 spiro atoms. The second-order valence-corrected chi connectivity index (χ2v) is 7.03. The molecule has 0 saturated heterocycles. The fraction of sp³-hybridized carbons (Fsp3) is 0.684. The van der Waals surface area contributed by atoms with E-state index in [4.69, 9.17) is 5.73 Å². The van der Waals surface area contributed by atoms with Crippen LogP contribution in [0.25, 0.3) is 0 Å². The van der Waals surface area contributed by atoms with Gasteiger partial charge in [0.2, 0.25) is 0 Å². The van der Waals surface area contributed by atoms with Crippen molar-refractivity contribution in [3.05, 3.63) is 29.3 Å². The van der Waals surface area contributed by atoms with Crippen LogP contribution in [-0.2, 0) is 6.42 Å². The van der Waals surface area contributed by atoms with Crippen LogP contribution in [0.5, 0.6) is 0 Å². The minimum atomic E-state index is 0.284. The highest BCUT2D eigenvalue weighted by Crippen LogP contribution is 2.31. The van der Waals surface area contributed by atoms with Gasteiger partial charge in [0, 0.05) is 24.8 Å². The van der Waals surface area contributed by atoms with E-state index in [1.807, 2.05) is 0 Å². The Hall–Kier alpha value is -1.02. The van der Waals surface area contributed by atoms with E-state index in [9.17, 15) is 0 Å². The maximum Gasteiger partial charge on any atom is 0.0396 e. The molecule has 2 rings (SSSR count). The predicted octanol–water partition coefficient (Wildman–Crippen LogP) is 4.29. The second kappa shape index (κ2) is 7.31. The van der Waals surface area contributed by atoms with Gasteiger partial charge in [0.1, 0.15) is 0 Å². The lowest BCUT2D eigenvalue weighted by Crippen LogP contribution is -2.36. The summed E-state index contributed by atoms with van der Waals surface area (Å²) >= 11 is 0. The van der Waals surface area contributed by atoms with Gasteiger partial charge in [-0.05, 0) is 55.7 Å². The molecule has 0 bridgehead atoms. The van der Waals surface area contributed by atoms with E-state index in [0.717, 1.165) is 18.8 Å². The molecule has 1 fully saturated rings. The molecule has 1 aromatic carbocycles. The number of hydrogen-bond acceptors (Lipinski definition) is 2. The monoisotopic (exact) mass is 288 g/mol. The molecule has 0 amide bonds. The second-order valence-electron chi connectivity index (χ2n) is 7.03. The Balaban J connectivity index is 2.09. The van der Waals surface area contributed by atoms with E-state index in [1.165, 1.54) is 42.5 Å². The first-order valence-electron chi connectivity index (χ1n) is 8.59. The van der Waals surface area contributed by atoms with Crippen LogP contribution in [-0.4, -0.2) is 19.1 Å². The quantitative estimate of drug-likeness (QED) is 0.875. The van der Waals surface area contributed by atoms with Crippen molar-refractivity contribution in [3.8, 4) is 0 Å². The molecular weight excluding hydrogens is 256 g/mol. The van der Waals surface area contributed by atoms with Crippen molar-refractivity contribution < 1.29 is 0 Å². The number of rotatable bonds is 5. The maximum absolute atomic E-state index is 6.07. The van der Waals surface area contributed by atoms with Crippen molar-refractivity contribution in [1.29, 1.82) is 0 Å². The highest BCUT2D eigenvalue weighted by molar-refractivity contribution is 5.54. The SMILES string of the molecule is CCC(N)Cc1ccc(N(C)C2CCCC(C)C2)c(C)c1. The molecule has 0 aromatic heterocycles. The van der Waals surface area contributed by atoms with Crippen LogP contribution in [0, 0.1) is 12.8 Å². The number of hydrogen-bond donors (Lipinski definition) is 1. The first-order valence-corrected chi connectivity index (χ1v) is 8.59. The Kier molecular flexibility index (Phi) is 5.69. The molecule has 2 nitrogen and oxygen atoms in total. The number of benzene rings is 1. The van der Waals surface area contributed by atoms with E-state index in [-0.39, 0.29) is 6.04 Å². The molecule has 0 heterocycles. The van der Waals surface area contributed by atoms with Gasteiger partial charge in [-0.15, -0.1) is 0 Å². The van der Waals surface area contributed by atoms with Crippen LogP contribution in [0.3, 0.4) is 0 Å². The molecule has 0 radical (unpaired) electrons. The average molecular weight is 288 g/mol. The molecule has 21 heavy (non-hydrogen) atoms. The summed E-state index contributed by atoms with van der Waals surface area (Å²) < 4.78 is 0. The molecule has 0 aliphatic heterocycles. The van der Waals surface area contributed by atoms with Gasteiger partial charge in [-0.25, -0.2) is 0 Å². The number of anilines is 1. The zero-order chi connectivity index (χ0) is 15.4. The van der Waals surface area contributed by atoms with Crippen molar-refractivity contribution >= 4 is 5.69 Å². The highest BCUT2D eigenvalue weighted by Gasteiger charge is 2.23. The summed E-state index contributed by atoms with van der Waals surface area (Å²) in [6.07, 6.45) is 7.47. The number of aryl methyl sites for hydroxylation is 1. The van der Waals surface area contributed by atoms with E-state index in [1.54, 1.807) is 0 Å². The predicted molar refractivity (Wildman–Crippen MR) is 93.0 cm³/mol. The minimum absolute atomic E-state index is 0.284. The van der Waals surface area contributed by atoms with E-state index < -0.39 is 0 Å². The van der Waals surface area contributed by atoms with Crippen LogP contribution in [0.1, 0.15) is 57.1 Å². The van der Waals surface area contributed by atoms with E-state index in [2.05, 4.69) is 50.9 Å². The minimum Gasteiger partial charge on any atom is -0.371 e. The first kappa shape index (κ1) is 16.4. The lowest BCUT2D eigenvalue weighted by molar-refractivity contribution is 0.336. The zero-order valence-electron chi connectivity index (χ0n) is 14.2. The first-order chi connectivity index (χ1) is 10.0. The lowest BCUT2D eigenvalue weighted by atomic mass is 9.86. The average Bonchev–Trinajstić information content (AvgIpc) is 2.46. The molecular formula is C19H32N2. The normalized spacial score (nSPS) is 23.9. The summed E-state index contributed by atoms with van der Waals surface area (Å²) in [5, 5.41) is 0. The Morgan fingerprint density at radius 3 is 2.71 bits per heavy atom. The smallest absolute Gasteiger partial charge is 0.0396 e. The molecule has 1 aromatic rings. The topological polar surface area (TPSA) is 29.3 Å². The summed E-state index contributed by atoms with van der Waals surface area (Å²) in [4.78, 5) is 2.51. The van der Waals surface area contributed by atoms with Gasteiger partial charge in [-0.1, -0.05) is 38.8 Å². The molecule has 1 aliphatic rings. The largest absolute Gasteiger partial charge is 0.371 e. The lowest BCUT2D eigenvalue weighted by Gasteiger charge is -2.36. The fourth-order valence-electron chi connectivity index (χ4n) is 3.64.